The van der Waals surface area contributed by atoms with Crippen molar-refractivity contribution in [3.8, 4) is 5.75 Å². The second-order valence-electron chi connectivity index (χ2n) is 6.38. The number of nitrogens with one attached hydrogen (secondary N) is 2. The highest BCUT2D eigenvalue weighted by Gasteiger charge is 2.20. The molecule has 2 amide bonds. The molecule has 0 aliphatic rings. The molecule has 0 spiro atoms. The molecule has 0 fully saturated rings. The number of amides is 2. The van der Waals surface area contributed by atoms with Crippen LogP contribution in [0, 0.1) is 5.41 Å². The highest BCUT2D eigenvalue weighted by Crippen LogP contribution is 2.25. The number of ether oxygens (including phenoxy) is 1. The molecule has 7 nitrogen and oxygen atoms in total. The van der Waals surface area contributed by atoms with Gasteiger partial charge >= 0.3 is 5.97 Å². The van der Waals surface area contributed by atoms with Crippen LogP contribution in [-0.4, -0.2) is 36.5 Å². The maximum atomic E-state index is 11.9. The normalized spacial score (nSPS) is 10.8. The molecule has 3 N–H and O–H groups in total. The summed E-state index contributed by atoms with van der Waals surface area (Å²) in [6.45, 7) is 5.88. The van der Waals surface area contributed by atoms with E-state index in [1.807, 2.05) is 20.8 Å². The van der Waals surface area contributed by atoms with Crippen molar-refractivity contribution >= 4 is 23.5 Å². The molecule has 24 heavy (non-hydrogen) atoms. The van der Waals surface area contributed by atoms with Gasteiger partial charge in [0.1, 0.15) is 5.75 Å². The molecule has 0 atom stereocenters. The van der Waals surface area contributed by atoms with Crippen LogP contribution in [0.3, 0.4) is 0 Å². The highest BCUT2D eigenvalue weighted by atomic mass is 16.5. The summed E-state index contributed by atoms with van der Waals surface area (Å²) in [6.07, 6.45) is 0.734. The van der Waals surface area contributed by atoms with Crippen LogP contribution in [0.15, 0.2) is 18.2 Å². The molecule has 0 unspecified atom stereocenters. The van der Waals surface area contributed by atoms with Crippen LogP contribution < -0.4 is 15.4 Å². The van der Waals surface area contributed by atoms with E-state index < -0.39 is 11.4 Å². The van der Waals surface area contributed by atoms with Gasteiger partial charge in [0.15, 0.2) is 0 Å². The van der Waals surface area contributed by atoms with Crippen molar-refractivity contribution in [1.82, 2.24) is 5.32 Å². The maximum absolute atomic E-state index is 11.9. The second kappa shape index (κ2) is 8.33. The standard InChI is InChI=1S/C17H24N2O5/c1-17(2,3)16(23)18-9-5-6-14(20)19-12-8-7-11(15(21)22)10-13(12)24-4/h7-8,10H,5-6,9H2,1-4H3,(H,18,23)(H,19,20)(H,21,22). The number of carboxylic acids is 1. The zero-order chi connectivity index (χ0) is 18.3. The van der Waals surface area contributed by atoms with Crippen molar-refractivity contribution in [1.29, 1.82) is 0 Å². The van der Waals surface area contributed by atoms with E-state index in [2.05, 4.69) is 10.6 Å². The molecular formula is C17H24N2O5. The lowest BCUT2D eigenvalue weighted by molar-refractivity contribution is -0.128. The van der Waals surface area contributed by atoms with Crippen LogP contribution in [0.1, 0.15) is 44.0 Å². The quantitative estimate of drug-likeness (QED) is 0.663. The summed E-state index contributed by atoms with van der Waals surface area (Å²) in [6, 6.07) is 4.23. The molecule has 132 valence electrons. The van der Waals surface area contributed by atoms with Crippen molar-refractivity contribution in [3.05, 3.63) is 23.8 Å². The lowest BCUT2D eigenvalue weighted by Crippen LogP contribution is -2.35. The number of hydrogen-bond acceptors (Lipinski definition) is 4. The van der Waals surface area contributed by atoms with E-state index >= 15 is 0 Å². The largest absolute Gasteiger partial charge is 0.495 e. The summed E-state index contributed by atoms with van der Waals surface area (Å²) in [5, 5.41) is 14.4. The molecule has 1 aromatic carbocycles. The molecule has 1 rings (SSSR count). The Kier molecular flexibility index (Phi) is 6.76. The van der Waals surface area contributed by atoms with Gasteiger partial charge in [-0.1, -0.05) is 20.8 Å². The first-order chi connectivity index (χ1) is 11.1. The first-order valence-electron chi connectivity index (χ1n) is 7.64. The van der Waals surface area contributed by atoms with Crippen LogP contribution in [0.2, 0.25) is 0 Å². The average Bonchev–Trinajstić information content (AvgIpc) is 2.50. The fourth-order valence-electron chi connectivity index (χ4n) is 1.86. The summed E-state index contributed by atoms with van der Waals surface area (Å²) in [4.78, 5) is 34.6. The molecular weight excluding hydrogens is 312 g/mol. The number of hydrogen-bond donors (Lipinski definition) is 3. The number of carboxylic acid groups (broad SMARTS) is 1. The van der Waals surface area contributed by atoms with Crippen molar-refractivity contribution in [2.75, 3.05) is 19.0 Å². The first kappa shape index (κ1) is 19.5. The first-order valence-corrected chi connectivity index (χ1v) is 7.64. The van der Waals surface area contributed by atoms with Crippen LogP contribution in [-0.2, 0) is 9.59 Å². The Hall–Kier alpha value is -2.57. The molecule has 0 radical (unpaired) electrons. The van der Waals surface area contributed by atoms with Crippen molar-refractivity contribution in [2.45, 2.75) is 33.6 Å². The van der Waals surface area contributed by atoms with Crippen LogP contribution in [0.5, 0.6) is 5.75 Å². The number of aromatic carboxylic acids is 1. The highest BCUT2D eigenvalue weighted by molar-refractivity contribution is 5.94. The van der Waals surface area contributed by atoms with Gasteiger partial charge in [-0.3, -0.25) is 9.59 Å². The minimum Gasteiger partial charge on any atom is -0.495 e. The van der Waals surface area contributed by atoms with E-state index in [1.54, 1.807) is 0 Å². The van der Waals surface area contributed by atoms with Gasteiger partial charge in [-0.05, 0) is 24.6 Å². The Morgan fingerprint density at radius 3 is 2.42 bits per heavy atom. The molecule has 0 aliphatic carbocycles. The third-order valence-corrected chi connectivity index (χ3v) is 3.27. The molecule has 1 aromatic rings. The zero-order valence-corrected chi connectivity index (χ0v) is 14.4. The van der Waals surface area contributed by atoms with Gasteiger partial charge < -0.3 is 20.5 Å². The van der Waals surface area contributed by atoms with Crippen LogP contribution in [0.25, 0.3) is 0 Å². The molecule has 0 heterocycles. The number of carbonyl (C=O) groups is 3. The molecule has 7 heteroatoms. The monoisotopic (exact) mass is 336 g/mol. The lowest BCUT2D eigenvalue weighted by atomic mass is 9.96. The third kappa shape index (κ3) is 5.91. The summed E-state index contributed by atoms with van der Waals surface area (Å²) in [5.41, 5.74) is 0.0302. The number of benzene rings is 1. The van der Waals surface area contributed by atoms with Gasteiger partial charge in [0.2, 0.25) is 11.8 Å². The fourth-order valence-corrected chi connectivity index (χ4v) is 1.86. The van der Waals surface area contributed by atoms with Gasteiger partial charge in [-0.2, -0.15) is 0 Å². The lowest BCUT2D eigenvalue weighted by Gasteiger charge is -2.17. The van der Waals surface area contributed by atoms with E-state index in [0.29, 0.717) is 18.7 Å². The molecule has 0 aliphatic heterocycles. The molecule has 0 aromatic heterocycles. The third-order valence-electron chi connectivity index (χ3n) is 3.27. The number of carbonyl (C=O) groups excluding carboxylic acids is 2. The average molecular weight is 336 g/mol. The smallest absolute Gasteiger partial charge is 0.335 e. The Morgan fingerprint density at radius 2 is 1.88 bits per heavy atom. The SMILES string of the molecule is COc1cc(C(=O)O)ccc1NC(=O)CCCNC(=O)C(C)(C)C. The van der Waals surface area contributed by atoms with Crippen LogP contribution >= 0.6 is 0 Å². The summed E-state index contributed by atoms with van der Waals surface area (Å²) < 4.78 is 5.10. The topological polar surface area (TPSA) is 105 Å². The van der Waals surface area contributed by atoms with Crippen LogP contribution in [0.4, 0.5) is 5.69 Å². The number of anilines is 1. The second-order valence-corrected chi connectivity index (χ2v) is 6.38. The predicted octanol–water partition coefficient (Wildman–Crippen LogP) is 2.27. The molecule has 0 saturated heterocycles. The summed E-state index contributed by atoms with van der Waals surface area (Å²) in [7, 11) is 1.40. The van der Waals surface area contributed by atoms with E-state index in [9.17, 15) is 14.4 Å². The van der Waals surface area contributed by atoms with Gasteiger partial charge in [-0.25, -0.2) is 4.79 Å². The Labute approximate surface area is 141 Å². The zero-order valence-electron chi connectivity index (χ0n) is 14.4. The van der Waals surface area contributed by atoms with Crippen molar-refractivity contribution in [3.63, 3.8) is 0 Å². The predicted molar refractivity (Wildman–Crippen MR) is 90.3 cm³/mol. The van der Waals surface area contributed by atoms with E-state index in [-0.39, 0.29) is 29.5 Å². The Bertz CT molecular complexity index is 620. The van der Waals surface area contributed by atoms with Crippen molar-refractivity contribution < 1.29 is 24.2 Å². The minimum absolute atomic E-state index is 0.0613. The summed E-state index contributed by atoms with van der Waals surface area (Å²) >= 11 is 0. The molecule has 0 saturated carbocycles. The molecule has 0 bridgehead atoms. The van der Waals surface area contributed by atoms with Gasteiger partial charge in [0, 0.05) is 18.4 Å². The van der Waals surface area contributed by atoms with E-state index in [4.69, 9.17) is 9.84 Å². The number of rotatable bonds is 7. The summed E-state index contributed by atoms with van der Waals surface area (Å²) in [5.74, 6) is -1.08. The minimum atomic E-state index is -1.07. The fraction of sp³-hybridized carbons (Fsp3) is 0.471. The van der Waals surface area contributed by atoms with E-state index in [1.165, 1.54) is 25.3 Å². The Morgan fingerprint density at radius 1 is 1.21 bits per heavy atom. The van der Waals surface area contributed by atoms with E-state index in [0.717, 1.165) is 0 Å². The van der Waals surface area contributed by atoms with Crippen molar-refractivity contribution in [2.24, 2.45) is 5.41 Å². The maximum Gasteiger partial charge on any atom is 0.335 e. The van der Waals surface area contributed by atoms with Gasteiger partial charge in [-0.15, -0.1) is 0 Å². The van der Waals surface area contributed by atoms with Gasteiger partial charge in [0.05, 0.1) is 18.4 Å². The number of methoxy groups -OCH3 is 1. The Balaban J connectivity index is 2.51. The van der Waals surface area contributed by atoms with Gasteiger partial charge in [0.25, 0.3) is 0 Å².